The monoisotopic (exact) mass is 284 g/mol. The van der Waals surface area contributed by atoms with Gasteiger partial charge in [0.05, 0.1) is 6.04 Å². The van der Waals surface area contributed by atoms with E-state index >= 15 is 0 Å². The molecule has 3 unspecified atom stereocenters. The first-order chi connectivity index (χ1) is 8.69. The summed E-state index contributed by atoms with van der Waals surface area (Å²) in [5, 5.41) is 5.47. The zero-order valence-electron chi connectivity index (χ0n) is 11.1. The molecule has 5 heteroatoms. The second-order valence-electron chi connectivity index (χ2n) is 4.57. The van der Waals surface area contributed by atoms with Crippen molar-refractivity contribution in [1.29, 1.82) is 0 Å². The van der Waals surface area contributed by atoms with Crippen molar-refractivity contribution >= 4 is 29.0 Å². The van der Waals surface area contributed by atoms with Crippen LogP contribution in [0.5, 0.6) is 0 Å². The van der Waals surface area contributed by atoms with Crippen LogP contribution in [-0.4, -0.2) is 34.9 Å². The van der Waals surface area contributed by atoms with Gasteiger partial charge in [0.15, 0.2) is 0 Å². The van der Waals surface area contributed by atoms with Gasteiger partial charge in [-0.05, 0) is 31.0 Å². The van der Waals surface area contributed by atoms with Gasteiger partial charge in [0, 0.05) is 16.7 Å². The predicted molar refractivity (Wildman–Crippen MR) is 79.0 cm³/mol. The number of nitrogens with one attached hydrogen (secondary N) is 1. The smallest absolute Gasteiger partial charge is 0.241 e. The molecular formula is C13H20N2OS2. The third kappa shape index (κ3) is 2.58. The third-order valence-electron chi connectivity index (χ3n) is 3.35. The molecule has 100 valence electrons. The van der Waals surface area contributed by atoms with Crippen LogP contribution in [0.3, 0.4) is 0 Å². The molecule has 1 saturated heterocycles. The number of thiophene rings is 1. The van der Waals surface area contributed by atoms with Gasteiger partial charge in [0.25, 0.3) is 0 Å². The second-order valence-corrected chi connectivity index (χ2v) is 6.46. The summed E-state index contributed by atoms with van der Waals surface area (Å²) in [6.45, 7) is 4.11. The fourth-order valence-corrected chi connectivity index (χ4v) is 3.95. The Hall–Kier alpha value is -0.520. The van der Waals surface area contributed by atoms with Crippen molar-refractivity contribution in [2.75, 3.05) is 12.0 Å². The largest absolute Gasteiger partial charge is 0.317 e. The van der Waals surface area contributed by atoms with E-state index in [1.807, 2.05) is 17.9 Å². The van der Waals surface area contributed by atoms with Gasteiger partial charge in [-0.25, -0.2) is 0 Å². The molecule has 3 atom stereocenters. The van der Waals surface area contributed by atoms with Gasteiger partial charge in [-0.2, -0.15) is 11.8 Å². The minimum atomic E-state index is -0.0759. The van der Waals surface area contributed by atoms with E-state index in [-0.39, 0.29) is 18.1 Å². The number of amides is 1. The number of carbonyl (C=O) groups excluding carboxylic acids is 1. The number of hydrogen-bond acceptors (Lipinski definition) is 4. The van der Waals surface area contributed by atoms with Gasteiger partial charge < -0.3 is 4.90 Å². The highest BCUT2D eigenvalue weighted by molar-refractivity contribution is 7.98. The van der Waals surface area contributed by atoms with Crippen LogP contribution >= 0.6 is 23.1 Å². The molecule has 0 bridgehead atoms. The van der Waals surface area contributed by atoms with Gasteiger partial charge in [-0.3, -0.25) is 10.1 Å². The average Bonchev–Trinajstić information content (AvgIpc) is 2.97. The molecule has 2 heterocycles. The lowest BCUT2D eigenvalue weighted by molar-refractivity contribution is -0.131. The predicted octanol–water partition coefficient (Wildman–Crippen LogP) is 2.71. The van der Waals surface area contributed by atoms with Gasteiger partial charge >= 0.3 is 0 Å². The molecule has 0 aromatic carbocycles. The molecule has 1 amide bonds. The van der Waals surface area contributed by atoms with Crippen molar-refractivity contribution < 1.29 is 4.79 Å². The molecule has 1 aromatic rings. The zero-order valence-corrected chi connectivity index (χ0v) is 12.7. The van der Waals surface area contributed by atoms with E-state index in [0.29, 0.717) is 6.04 Å². The lowest BCUT2D eigenvalue weighted by Gasteiger charge is -2.31. The van der Waals surface area contributed by atoms with Gasteiger partial charge in [-0.1, -0.05) is 13.0 Å². The van der Waals surface area contributed by atoms with Crippen LogP contribution in [0, 0.1) is 0 Å². The standard InChI is InChI=1S/C13H20N2OS2/c1-4-10(8-17-3)15-12(11-6-5-7-18-11)14-9(2)13(15)16/h5-7,9-10,12,14H,4,8H2,1-3H3. The summed E-state index contributed by atoms with van der Waals surface area (Å²) < 4.78 is 0. The molecule has 0 radical (unpaired) electrons. The highest BCUT2D eigenvalue weighted by Gasteiger charge is 2.40. The van der Waals surface area contributed by atoms with Crippen LogP contribution in [0.25, 0.3) is 0 Å². The lowest BCUT2D eigenvalue weighted by Crippen LogP contribution is -2.41. The molecule has 18 heavy (non-hydrogen) atoms. The first-order valence-electron chi connectivity index (χ1n) is 6.29. The Balaban J connectivity index is 2.25. The van der Waals surface area contributed by atoms with Crippen molar-refractivity contribution in [2.45, 2.75) is 38.5 Å². The Morgan fingerprint density at radius 3 is 2.94 bits per heavy atom. The molecule has 0 aliphatic carbocycles. The summed E-state index contributed by atoms with van der Waals surface area (Å²) in [7, 11) is 0. The number of thioether (sulfide) groups is 1. The molecule has 0 spiro atoms. The molecule has 1 fully saturated rings. The Bertz CT molecular complexity index is 394. The van der Waals surface area contributed by atoms with Gasteiger partial charge in [0.1, 0.15) is 6.17 Å². The maximum atomic E-state index is 12.3. The zero-order chi connectivity index (χ0) is 13.1. The van der Waals surface area contributed by atoms with Crippen LogP contribution < -0.4 is 5.32 Å². The van der Waals surface area contributed by atoms with Gasteiger partial charge in [0.2, 0.25) is 5.91 Å². The normalized spacial score (nSPS) is 25.7. The first kappa shape index (κ1) is 13.9. The van der Waals surface area contributed by atoms with E-state index in [4.69, 9.17) is 0 Å². The molecule has 1 aliphatic heterocycles. The van der Waals surface area contributed by atoms with Gasteiger partial charge in [-0.15, -0.1) is 11.3 Å². The van der Waals surface area contributed by atoms with Crippen LogP contribution in [0.4, 0.5) is 0 Å². The van der Waals surface area contributed by atoms with E-state index in [2.05, 4.69) is 29.9 Å². The summed E-state index contributed by atoms with van der Waals surface area (Å²) in [5.74, 6) is 1.23. The molecule has 0 saturated carbocycles. The van der Waals surface area contributed by atoms with Crippen LogP contribution in [0.1, 0.15) is 31.3 Å². The second kappa shape index (κ2) is 6.08. The van der Waals surface area contributed by atoms with E-state index < -0.39 is 0 Å². The SMILES string of the molecule is CCC(CSC)N1C(=O)C(C)NC1c1cccs1. The lowest BCUT2D eigenvalue weighted by atomic mass is 10.2. The van der Waals surface area contributed by atoms with Crippen LogP contribution in [0.15, 0.2) is 17.5 Å². The van der Waals surface area contributed by atoms with E-state index in [9.17, 15) is 4.79 Å². The topological polar surface area (TPSA) is 32.3 Å². The number of rotatable bonds is 5. The highest BCUT2D eigenvalue weighted by atomic mass is 32.2. The quantitative estimate of drug-likeness (QED) is 0.902. The van der Waals surface area contributed by atoms with E-state index in [1.54, 1.807) is 23.1 Å². The Labute approximate surface area is 117 Å². The van der Waals surface area contributed by atoms with Crippen molar-refractivity contribution in [3.05, 3.63) is 22.4 Å². The van der Waals surface area contributed by atoms with Crippen LogP contribution in [-0.2, 0) is 4.79 Å². The summed E-state index contributed by atoms with van der Waals surface area (Å²) in [6, 6.07) is 4.39. The van der Waals surface area contributed by atoms with Crippen molar-refractivity contribution in [3.63, 3.8) is 0 Å². The summed E-state index contributed by atoms with van der Waals surface area (Å²) in [5.41, 5.74) is 0. The molecule has 3 nitrogen and oxygen atoms in total. The van der Waals surface area contributed by atoms with Crippen molar-refractivity contribution in [3.8, 4) is 0 Å². The molecule has 1 aromatic heterocycles. The molecular weight excluding hydrogens is 264 g/mol. The Kier molecular flexibility index (Phi) is 4.70. The van der Waals surface area contributed by atoms with Crippen molar-refractivity contribution in [1.82, 2.24) is 10.2 Å². The third-order valence-corrected chi connectivity index (χ3v) is 4.99. The number of hydrogen-bond donors (Lipinski definition) is 1. The van der Waals surface area contributed by atoms with E-state index in [1.165, 1.54) is 4.88 Å². The van der Waals surface area contributed by atoms with E-state index in [0.717, 1.165) is 12.2 Å². The number of carbonyl (C=O) groups is 1. The maximum Gasteiger partial charge on any atom is 0.241 e. The fourth-order valence-electron chi connectivity index (χ4n) is 2.38. The summed E-state index contributed by atoms with van der Waals surface area (Å²) in [6.07, 6.45) is 3.16. The first-order valence-corrected chi connectivity index (χ1v) is 8.57. The molecule has 1 aliphatic rings. The Morgan fingerprint density at radius 1 is 1.61 bits per heavy atom. The average molecular weight is 284 g/mol. The minimum Gasteiger partial charge on any atom is -0.317 e. The summed E-state index contributed by atoms with van der Waals surface area (Å²) in [4.78, 5) is 15.6. The highest BCUT2D eigenvalue weighted by Crippen LogP contribution is 2.31. The fraction of sp³-hybridized carbons (Fsp3) is 0.615. The number of nitrogens with zero attached hydrogens (tertiary/aromatic N) is 1. The molecule has 1 N–H and O–H groups in total. The maximum absolute atomic E-state index is 12.3. The Morgan fingerprint density at radius 2 is 2.39 bits per heavy atom. The molecule has 2 rings (SSSR count). The van der Waals surface area contributed by atoms with Crippen molar-refractivity contribution in [2.24, 2.45) is 0 Å². The van der Waals surface area contributed by atoms with Crippen LogP contribution in [0.2, 0.25) is 0 Å². The minimum absolute atomic E-state index is 0.0598. The summed E-state index contributed by atoms with van der Waals surface area (Å²) >= 11 is 3.52.